The first kappa shape index (κ1) is 21.2. The summed E-state index contributed by atoms with van der Waals surface area (Å²) in [6, 6.07) is 2.14. The maximum atomic E-state index is 11.8. The highest BCUT2D eigenvalue weighted by molar-refractivity contribution is 5.88. The van der Waals surface area contributed by atoms with Crippen LogP contribution in [0.1, 0.15) is 96.3 Å². The van der Waals surface area contributed by atoms with E-state index in [1.807, 2.05) is 0 Å². The van der Waals surface area contributed by atoms with Crippen LogP contribution in [0.15, 0.2) is 0 Å². The van der Waals surface area contributed by atoms with Crippen LogP contribution in [-0.4, -0.2) is 25.7 Å². The van der Waals surface area contributed by atoms with E-state index >= 15 is 0 Å². The summed E-state index contributed by atoms with van der Waals surface area (Å²) in [6.07, 6.45) is 18.3. The summed E-state index contributed by atoms with van der Waals surface area (Å²) >= 11 is 0. The van der Waals surface area contributed by atoms with Gasteiger partial charge in [-0.3, -0.25) is 4.79 Å². The lowest BCUT2D eigenvalue weighted by molar-refractivity contribution is -0.124. The number of unbranched alkanes of at least 4 members (excludes halogenated alkanes) is 7. The Labute approximate surface area is 160 Å². The largest absolute Gasteiger partial charge is 0.381 e. The van der Waals surface area contributed by atoms with Crippen molar-refractivity contribution in [3.05, 3.63) is 0 Å². The highest BCUT2D eigenvalue weighted by Crippen LogP contribution is 2.44. The molecule has 0 aromatic rings. The first-order chi connectivity index (χ1) is 12.8. The van der Waals surface area contributed by atoms with Gasteiger partial charge < -0.3 is 10.1 Å². The topological polar surface area (TPSA) is 62.1 Å². The second-order valence-electron chi connectivity index (χ2n) is 8.36. The quantitative estimate of drug-likeness (QED) is 0.436. The summed E-state index contributed by atoms with van der Waals surface area (Å²) in [5.74, 6) is 0.786. The van der Waals surface area contributed by atoms with Crippen molar-refractivity contribution in [3.63, 3.8) is 0 Å². The number of nitrogens with zero attached hydrogens (tertiary/aromatic N) is 1. The van der Waals surface area contributed by atoms with Crippen LogP contribution in [-0.2, 0) is 9.53 Å². The molecule has 2 rings (SSSR count). The highest BCUT2D eigenvalue weighted by Gasteiger charge is 2.50. The van der Waals surface area contributed by atoms with Gasteiger partial charge in [0.15, 0.2) is 0 Å². The minimum Gasteiger partial charge on any atom is -0.381 e. The second-order valence-corrected chi connectivity index (χ2v) is 8.36. The van der Waals surface area contributed by atoms with E-state index < -0.39 is 5.41 Å². The van der Waals surface area contributed by atoms with E-state index in [1.165, 1.54) is 77.0 Å². The van der Waals surface area contributed by atoms with Crippen molar-refractivity contribution in [1.29, 1.82) is 5.26 Å². The second kappa shape index (κ2) is 12.3. The Kier molecular flexibility index (Phi) is 10.1. The zero-order valence-electron chi connectivity index (χ0n) is 16.6. The number of hydrogen-bond donors (Lipinski definition) is 1. The average molecular weight is 363 g/mol. The Bertz CT molecular complexity index is 434. The van der Waals surface area contributed by atoms with E-state index in [4.69, 9.17) is 10.00 Å². The predicted molar refractivity (Wildman–Crippen MR) is 105 cm³/mol. The first-order valence-corrected chi connectivity index (χ1v) is 11.0. The molecule has 4 nitrogen and oxygen atoms in total. The molecular formula is C22H38N2O2. The predicted octanol–water partition coefficient (Wildman–Crippen LogP) is 5.12. The fourth-order valence-electron chi connectivity index (χ4n) is 3.88. The number of nitrogens with one attached hydrogen (secondary N) is 1. The van der Waals surface area contributed by atoms with Gasteiger partial charge >= 0.3 is 0 Å². The summed E-state index contributed by atoms with van der Waals surface area (Å²) in [6.45, 7) is 2.66. The van der Waals surface area contributed by atoms with Crippen molar-refractivity contribution < 1.29 is 9.53 Å². The highest BCUT2D eigenvalue weighted by atomic mass is 16.5. The van der Waals surface area contributed by atoms with E-state index in [-0.39, 0.29) is 5.91 Å². The van der Waals surface area contributed by atoms with E-state index in [2.05, 4.69) is 11.4 Å². The van der Waals surface area contributed by atoms with E-state index in [0.29, 0.717) is 0 Å². The van der Waals surface area contributed by atoms with Crippen LogP contribution < -0.4 is 5.32 Å². The number of carbonyl (C=O) groups excluding carboxylic acids is 1. The molecule has 0 aliphatic heterocycles. The molecule has 0 saturated heterocycles. The fraction of sp³-hybridized carbons (Fsp3) is 0.909. The Morgan fingerprint density at radius 3 is 2.19 bits per heavy atom. The standard InChI is InChI=1S/C22H38N2O2/c23-19-22(14-15-22)21(25)24-16-10-5-3-1-2-4-6-11-17-26-18-20-12-8-7-9-13-20/h20H,1-18H2,(H,24,25). The summed E-state index contributed by atoms with van der Waals surface area (Å²) in [7, 11) is 0. The molecule has 0 spiro atoms. The van der Waals surface area contributed by atoms with Crippen LogP contribution in [0.2, 0.25) is 0 Å². The van der Waals surface area contributed by atoms with Gasteiger partial charge in [0.2, 0.25) is 5.91 Å². The van der Waals surface area contributed by atoms with Crippen LogP contribution in [0.4, 0.5) is 0 Å². The molecule has 2 aliphatic carbocycles. The third kappa shape index (κ3) is 8.08. The van der Waals surface area contributed by atoms with Crippen LogP contribution in [0.3, 0.4) is 0 Å². The van der Waals surface area contributed by atoms with Gasteiger partial charge in [-0.1, -0.05) is 57.8 Å². The van der Waals surface area contributed by atoms with Crippen LogP contribution >= 0.6 is 0 Å². The van der Waals surface area contributed by atoms with Crippen molar-refractivity contribution in [3.8, 4) is 6.07 Å². The third-order valence-corrected chi connectivity index (χ3v) is 5.98. The maximum Gasteiger partial charge on any atom is 0.240 e. The normalized spacial score (nSPS) is 19.0. The molecule has 2 saturated carbocycles. The first-order valence-electron chi connectivity index (χ1n) is 11.0. The molecule has 0 aromatic heterocycles. The Hall–Kier alpha value is -1.08. The molecule has 0 heterocycles. The van der Waals surface area contributed by atoms with Gasteiger partial charge in [-0.25, -0.2) is 0 Å². The molecule has 2 aliphatic rings. The lowest BCUT2D eigenvalue weighted by Gasteiger charge is -2.21. The van der Waals surface area contributed by atoms with Gasteiger partial charge in [-0.15, -0.1) is 0 Å². The Morgan fingerprint density at radius 1 is 0.962 bits per heavy atom. The Balaban J connectivity index is 1.27. The molecule has 1 N–H and O–H groups in total. The van der Waals surface area contributed by atoms with Crippen molar-refractivity contribution in [2.24, 2.45) is 11.3 Å². The van der Waals surface area contributed by atoms with Gasteiger partial charge in [-0.2, -0.15) is 5.26 Å². The molecule has 2 fully saturated rings. The number of rotatable bonds is 14. The van der Waals surface area contributed by atoms with Gasteiger partial charge in [-0.05, 0) is 44.4 Å². The van der Waals surface area contributed by atoms with Crippen LogP contribution in [0.25, 0.3) is 0 Å². The molecule has 0 aromatic carbocycles. The SMILES string of the molecule is N#CC1(C(=O)NCCCCCCCCCCOCC2CCCCC2)CC1. The number of amides is 1. The molecule has 4 heteroatoms. The summed E-state index contributed by atoms with van der Waals surface area (Å²) in [4.78, 5) is 11.8. The lowest BCUT2D eigenvalue weighted by Crippen LogP contribution is -2.31. The van der Waals surface area contributed by atoms with Gasteiger partial charge in [0.05, 0.1) is 6.07 Å². The minimum atomic E-state index is -0.667. The van der Waals surface area contributed by atoms with Gasteiger partial charge in [0, 0.05) is 19.8 Å². The summed E-state index contributed by atoms with van der Waals surface area (Å²) in [5, 5.41) is 11.9. The van der Waals surface area contributed by atoms with Crippen LogP contribution in [0.5, 0.6) is 0 Å². The zero-order valence-corrected chi connectivity index (χ0v) is 16.6. The molecule has 1 amide bonds. The molecule has 26 heavy (non-hydrogen) atoms. The Morgan fingerprint density at radius 2 is 1.58 bits per heavy atom. The smallest absolute Gasteiger partial charge is 0.240 e. The molecule has 0 radical (unpaired) electrons. The number of carbonyl (C=O) groups is 1. The monoisotopic (exact) mass is 362 g/mol. The van der Waals surface area contributed by atoms with Crippen molar-refractivity contribution in [2.75, 3.05) is 19.8 Å². The molecular weight excluding hydrogens is 324 g/mol. The number of ether oxygens (including phenoxy) is 1. The number of hydrogen-bond acceptors (Lipinski definition) is 3. The van der Waals surface area contributed by atoms with Gasteiger partial charge in [0.1, 0.15) is 5.41 Å². The third-order valence-electron chi connectivity index (χ3n) is 5.98. The molecule has 0 bridgehead atoms. The van der Waals surface area contributed by atoms with Crippen LogP contribution in [0, 0.1) is 22.7 Å². The van der Waals surface area contributed by atoms with E-state index in [0.717, 1.165) is 44.9 Å². The molecule has 0 unspecified atom stereocenters. The van der Waals surface area contributed by atoms with Crippen molar-refractivity contribution >= 4 is 5.91 Å². The van der Waals surface area contributed by atoms with Gasteiger partial charge in [0.25, 0.3) is 0 Å². The lowest BCUT2D eigenvalue weighted by atomic mass is 9.90. The molecule has 0 atom stereocenters. The zero-order chi connectivity index (χ0) is 18.5. The maximum absolute atomic E-state index is 11.8. The summed E-state index contributed by atoms with van der Waals surface area (Å²) < 4.78 is 5.85. The van der Waals surface area contributed by atoms with E-state index in [9.17, 15) is 4.79 Å². The van der Waals surface area contributed by atoms with Crippen molar-refractivity contribution in [1.82, 2.24) is 5.32 Å². The molecule has 148 valence electrons. The van der Waals surface area contributed by atoms with E-state index in [1.54, 1.807) is 0 Å². The fourth-order valence-corrected chi connectivity index (χ4v) is 3.88. The average Bonchev–Trinajstić information content (AvgIpc) is 3.47. The van der Waals surface area contributed by atoms with Crippen molar-refractivity contribution in [2.45, 2.75) is 96.3 Å². The minimum absolute atomic E-state index is 0.0503. The number of nitriles is 1. The summed E-state index contributed by atoms with van der Waals surface area (Å²) in [5.41, 5.74) is -0.667.